The zero-order valence-electron chi connectivity index (χ0n) is 13.7. The summed E-state index contributed by atoms with van der Waals surface area (Å²) in [5.41, 5.74) is 0.497. The van der Waals surface area contributed by atoms with Crippen molar-refractivity contribution in [3.05, 3.63) is 0 Å². The number of hydrogen-bond acceptors (Lipinski definition) is 3. The molecule has 0 aromatic carbocycles. The highest BCUT2D eigenvalue weighted by Crippen LogP contribution is 2.39. The summed E-state index contributed by atoms with van der Waals surface area (Å²) in [5.74, 6) is 4.62. The zero-order valence-corrected chi connectivity index (χ0v) is 16.8. The normalized spacial score (nSPS) is 26.0. The maximum absolute atomic E-state index is 5.54. The zero-order chi connectivity index (χ0) is 14.5. The molecule has 4 nitrogen and oxygen atoms in total. The number of hydrogen-bond donors (Lipinski definition) is 1. The molecule has 0 saturated carbocycles. The number of likely N-dealkylation sites (tertiary alicyclic amines) is 1. The molecular weight excluding hydrogens is 409 g/mol. The molecule has 0 unspecified atom stereocenters. The Bertz CT molecular complexity index is 368. The number of aliphatic imine (C=N–C) groups is 1. The lowest BCUT2D eigenvalue weighted by Crippen LogP contribution is -2.44. The number of thioether (sulfide) groups is 1. The van der Waals surface area contributed by atoms with E-state index in [1.165, 1.54) is 43.6 Å². The molecule has 3 fully saturated rings. The van der Waals surface area contributed by atoms with Gasteiger partial charge >= 0.3 is 0 Å². The van der Waals surface area contributed by atoms with Crippen molar-refractivity contribution in [2.75, 3.05) is 51.4 Å². The molecule has 1 N–H and O–H groups in total. The monoisotopic (exact) mass is 439 g/mol. The number of ether oxygens (including phenoxy) is 1. The van der Waals surface area contributed by atoms with Crippen LogP contribution < -0.4 is 5.32 Å². The summed E-state index contributed by atoms with van der Waals surface area (Å²) in [4.78, 5) is 7.00. The summed E-state index contributed by atoms with van der Waals surface area (Å²) in [6, 6.07) is 0. The van der Waals surface area contributed by atoms with Gasteiger partial charge in [0.05, 0.1) is 0 Å². The quantitative estimate of drug-likeness (QED) is 0.408. The topological polar surface area (TPSA) is 36.9 Å². The van der Waals surface area contributed by atoms with Crippen molar-refractivity contribution in [3.8, 4) is 0 Å². The van der Waals surface area contributed by atoms with E-state index < -0.39 is 0 Å². The van der Waals surface area contributed by atoms with Crippen molar-refractivity contribution in [2.24, 2.45) is 16.3 Å². The van der Waals surface area contributed by atoms with E-state index in [4.69, 9.17) is 4.74 Å². The van der Waals surface area contributed by atoms with Crippen LogP contribution in [0.15, 0.2) is 4.99 Å². The maximum Gasteiger partial charge on any atom is 0.193 e. The highest BCUT2D eigenvalue weighted by Gasteiger charge is 2.40. The molecule has 3 aliphatic rings. The lowest BCUT2D eigenvalue weighted by atomic mass is 9.80. The number of guanidine groups is 1. The number of rotatable bonds is 2. The van der Waals surface area contributed by atoms with Crippen LogP contribution in [0.5, 0.6) is 0 Å². The third-order valence-corrected chi connectivity index (χ3v) is 6.44. The van der Waals surface area contributed by atoms with Gasteiger partial charge in [-0.15, -0.1) is 24.0 Å². The Labute approximate surface area is 156 Å². The molecule has 0 atom stereocenters. The minimum absolute atomic E-state index is 0. The number of nitrogens with zero attached hydrogens (tertiary/aromatic N) is 2. The van der Waals surface area contributed by atoms with E-state index in [1.54, 1.807) is 0 Å². The van der Waals surface area contributed by atoms with Crippen LogP contribution in [0.4, 0.5) is 0 Å². The Kier molecular flexibility index (Phi) is 7.60. The fourth-order valence-corrected chi connectivity index (χ4v) is 5.05. The minimum atomic E-state index is 0. The predicted molar refractivity (Wildman–Crippen MR) is 106 cm³/mol. The molecular formula is C16H30IN3OS. The van der Waals surface area contributed by atoms with Gasteiger partial charge in [-0.25, -0.2) is 0 Å². The maximum atomic E-state index is 5.54. The molecule has 3 rings (SSSR count). The summed E-state index contributed by atoms with van der Waals surface area (Å²) in [6.07, 6.45) is 6.46. The first-order valence-corrected chi connectivity index (χ1v) is 9.58. The van der Waals surface area contributed by atoms with Gasteiger partial charge in [-0.05, 0) is 54.9 Å². The van der Waals surface area contributed by atoms with Crippen molar-refractivity contribution in [1.82, 2.24) is 10.2 Å². The Hall–Kier alpha value is 0.310. The Balaban J connectivity index is 0.00000176. The highest BCUT2D eigenvalue weighted by atomic mass is 127. The van der Waals surface area contributed by atoms with E-state index >= 15 is 0 Å². The molecule has 0 aliphatic carbocycles. The molecule has 22 heavy (non-hydrogen) atoms. The fraction of sp³-hybridized carbons (Fsp3) is 0.938. The van der Waals surface area contributed by atoms with Crippen LogP contribution in [0.3, 0.4) is 0 Å². The average Bonchev–Trinajstić information content (AvgIpc) is 2.93. The first-order valence-electron chi connectivity index (χ1n) is 8.42. The molecule has 3 heterocycles. The number of nitrogens with one attached hydrogen (secondary N) is 1. The van der Waals surface area contributed by atoms with Gasteiger partial charge in [0.2, 0.25) is 0 Å². The molecule has 1 spiro atoms. The molecule has 0 aromatic heterocycles. The van der Waals surface area contributed by atoms with E-state index in [2.05, 4.69) is 27.0 Å². The molecule has 0 amide bonds. The van der Waals surface area contributed by atoms with Gasteiger partial charge in [0.25, 0.3) is 0 Å². The Morgan fingerprint density at radius 2 is 2.00 bits per heavy atom. The third-order valence-electron chi connectivity index (χ3n) is 5.39. The Morgan fingerprint density at radius 3 is 2.68 bits per heavy atom. The van der Waals surface area contributed by atoms with Crippen LogP contribution in [0.25, 0.3) is 0 Å². The Morgan fingerprint density at radius 1 is 1.27 bits per heavy atom. The van der Waals surface area contributed by atoms with Gasteiger partial charge in [0.1, 0.15) is 0 Å². The van der Waals surface area contributed by atoms with Crippen molar-refractivity contribution >= 4 is 41.7 Å². The van der Waals surface area contributed by atoms with Gasteiger partial charge in [0.15, 0.2) is 5.96 Å². The summed E-state index contributed by atoms with van der Waals surface area (Å²) in [7, 11) is 1.92. The number of halogens is 1. The van der Waals surface area contributed by atoms with E-state index in [1.807, 2.05) is 7.05 Å². The summed E-state index contributed by atoms with van der Waals surface area (Å²) >= 11 is 2.10. The molecule has 6 heteroatoms. The average molecular weight is 439 g/mol. The van der Waals surface area contributed by atoms with Gasteiger partial charge in [-0.1, -0.05) is 0 Å². The van der Waals surface area contributed by atoms with Crippen LogP contribution >= 0.6 is 35.7 Å². The summed E-state index contributed by atoms with van der Waals surface area (Å²) in [5, 5.41) is 3.64. The summed E-state index contributed by atoms with van der Waals surface area (Å²) in [6.45, 7) is 5.30. The first-order chi connectivity index (χ1) is 10.3. The predicted octanol–water partition coefficient (Wildman–Crippen LogP) is 2.83. The lowest BCUT2D eigenvalue weighted by Gasteiger charge is -2.33. The smallest absolute Gasteiger partial charge is 0.193 e. The van der Waals surface area contributed by atoms with Crippen LogP contribution in [-0.4, -0.2) is 62.3 Å². The second-order valence-electron chi connectivity index (χ2n) is 6.77. The van der Waals surface area contributed by atoms with Crippen molar-refractivity contribution in [1.29, 1.82) is 0 Å². The second kappa shape index (κ2) is 8.97. The van der Waals surface area contributed by atoms with Crippen molar-refractivity contribution in [2.45, 2.75) is 32.1 Å². The van der Waals surface area contributed by atoms with Crippen LogP contribution in [0.1, 0.15) is 32.1 Å². The van der Waals surface area contributed by atoms with Gasteiger partial charge < -0.3 is 15.0 Å². The molecule has 0 radical (unpaired) electrons. The second-order valence-corrected chi connectivity index (χ2v) is 7.99. The van der Waals surface area contributed by atoms with Crippen LogP contribution in [0.2, 0.25) is 0 Å². The van der Waals surface area contributed by atoms with Crippen LogP contribution in [0, 0.1) is 11.3 Å². The van der Waals surface area contributed by atoms with Gasteiger partial charge in [-0.2, -0.15) is 11.8 Å². The minimum Gasteiger partial charge on any atom is -0.381 e. The van der Waals surface area contributed by atoms with E-state index in [-0.39, 0.29) is 24.0 Å². The third kappa shape index (κ3) is 4.66. The fourth-order valence-electron chi connectivity index (χ4n) is 3.85. The molecule has 0 bridgehead atoms. The molecule has 3 saturated heterocycles. The summed E-state index contributed by atoms with van der Waals surface area (Å²) < 4.78 is 5.54. The molecule has 0 aromatic rings. The van der Waals surface area contributed by atoms with Crippen molar-refractivity contribution < 1.29 is 4.74 Å². The SMILES string of the molecule is CN=C(NCC1CCSCC1)N1CCC2(CCOCC2)C1.I. The van der Waals surface area contributed by atoms with Gasteiger partial charge in [-0.3, -0.25) is 4.99 Å². The van der Waals surface area contributed by atoms with Crippen molar-refractivity contribution in [3.63, 3.8) is 0 Å². The van der Waals surface area contributed by atoms with Crippen LogP contribution in [-0.2, 0) is 4.74 Å². The van der Waals surface area contributed by atoms with E-state index in [0.717, 1.165) is 44.7 Å². The highest BCUT2D eigenvalue weighted by molar-refractivity contribution is 14.0. The van der Waals surface area contributed by atoms with Gasteiger partial charge in [0, 0.05) is 39.9 Å². The standard InChI is InChI=1S/C16H29N3OS.HI/c1-17-15(18-12-14-2-10-21-11-3-14)19-7-4-16(13-19)5-8-20-9-6-16;/h14H,2-13H2,1H3,(H,17,18);1H. The molecule has 3 aliphatic heterocycles. The molecule has 128 valence electrons. The lowest BCUT2D eigenvalue weighted by molar-refractivity contribution is 0.0217. The first kappa shape index (κ1) is 18.6. The van der Waals surface area contributed by atoms with E-state index in [9.17, 15) is 0 Å². The van der Waals surface area contributed by atoms with E-state index in [0.29, 0.717) is 5.41 Å². The largest absolute Gasteiger partial charge is 0.381 e.